The zero-order valence-electron chi connectivity index (χ0n) is 10.3. The van der Waals surface area contributed by atoms with Gasteiger partial charge in [-0.05, 0) is 25.7 Å². The first-order chi connectivity index (χ1) is 7.43. The van der Waals surface area contributed by atoms with Gasteiger partial charge in [0, 0.05) is 5.92 Å². The lowest BCUT2D eigenvalue weighted by atomic mass is 9.66. The minimum atomic E-state index is -0.949. The Morgan fingerprint density at radius 1 is 1.62 bits per heavy atom. The summed E-state index contributed by atoms with van der Waals surface area (Å²) in [5, 5.41) is 0. The molecule has 0 heterocycles. The number of ketones is 1. The van der Waals surface area contributed by atoms with Crippen LogP contribution in [0.2, 0.25) is 0 Å². The second-order valence-corrected chi connectivity index (χ2v) is 4.89. The van der Waals surface area contributed by atoms with Crippen molar-refractivity contribution in [3.63, 3.8) is 0 Å². The molecule has 0 radical (unpaired) electrons. The van der Waals surface area contributed by atoms with E-state index in [1.165, 1.54) is 6.08 Å². The van der Waals surface area contributed by atoms with Crippen molar-refractivity contribution >= 4 is 11.8 Å². The van der Waals surface area contributed by atoms with Gasteiger partial charge in [0.1, 0.15) is 12.0 Å². The van der Waals surface area contributed by atoms with E-state index in [-0.39, 0.29) is 18.3 Å². The van der Waals surface area contributed by atoms with E-state index in [4.69, 9.17) is 4.74 Å². The third-order valence-corrected chi connectivity index (χ3v) is 3.69. The van der Waals surface area contributed by atoms with Crippen LogP contribution >= 0.6 is 0 Å². The standard InChI is InChI=1S/C13H20O3/c1-5-8-16-12(15)13(4)7-6-9(2)10(3)11(13)14/h5,9-10H,1,6-8H2,2-4H3/t9-,10?,13?/m0/s1. The molecular weight excluding hydrogens is 204 g/mol. The minimum Gasteiger partial charge on any atom is -0.461 e. The van der Waals surface area contributed by atoms with Crippen molar-refractivity contribution in [3.05, 3.63) is 12.7 Å². The molecular formula is C13H20O3. The summed E-state index contributed by atoms with van der Waals surface area (Å²) < 4.78 is 5.01. The Morgan fingerprint density at radius 3 is 2.81 bits per heavy atom. The summed E-state index contributed by atoms with van der Waals surface area (Å²) in [6.45, 7) is 9.30. The van der Waals surface area contributed by atoms with Crippen molar-refractivity contribution in [2.45, 2.75) is 33.6 Å². The molecule has 1 aliphatic carbocycles. The second kappa shape index (κ2) is 4.81. The first kappa shape index (κ1) is 12.9. The van der Waals surface area contributed by atoms with Gasteiger partial charge in [-0.2, -0.15) is 0 Å². The van der Waals surface area contributed by atoms with Crippen molar-refractivity contribution in [1.29, 1.82) is 0 Å². The van der Waals surface area contributed by atoms with Gasteiger partial charge in [-0.25, -0.2) is 0 Å². The van der Waals surface area contributed by atoms with Crippen LogP contribution in [-0.4, -0.2) is 18.4 Å². The summed E-state index contributed by atoms with van der Waals surface area (Å²) >= 11 is 0. The number of rotatable bonds is 3. The van der Waals surface area contributed by atoms with Crippen LogP contribution in [0, 0.1) is 17.3 Å². The maximum Gasteiger partial charge on any atom is 0.319 e. The maximum atomic E-state index is 12.1. The molecule has 2 unspecified atom stereocenters. The number of ether oxygens (including phenoxy) is 1. The third-order valence-electron chi connectivity index (χ3n) is 3.69. The van der Waals surface area contributed by atoms with Crippen LogP contribution in [-0.2, 0) is 14.3 Å². The molecule has 0 spiro atoms. The van der Waals surface area contributed by atoms with Gasteiger partial charge in [-0.1, -0.05) is 26.5 Å². The highest BCUT2D eigenvalue weighted by Crippen LogP contribution is 2.39. The van der Waals surface area contributed by atoms with Gasteiger partial charge in [0.25, 0.3) is 0 Å². The summed E-state index contributed by atoms with van der Waals surface area (Å²) in [7, 11) is 0. The number of carbonyl (C=O) groups is 2. The van der Waals surface area contributed by atoms with Crippen molar-refractivity contribution in [2.75, 3.05) is 6.61 Å². The predicted molar refractivity (Wildman–Crippen MR) is 61.8 cm³/mol. The van der Waals surface area contributed by atoms with Crippen molar-refractivity contribution in [2.24, 2.45) is 17.3 Å². The summed E-state index contributed by atoms with van der Waals surface area (Å²) in [6.07, 6.45) is 3.00. The summed E-state index contributed by atoms with van der Waals surface area (Å²) in [5.41, 5.74) is -0.949. The number of hydrogen-bond donors (Lipinski definition) is 0. The van der Waals surface area contributed by atoms with Crippen molar-refractivity contribution in [1.82, 2.24) is 0 Å². The molecule has 0 aliphatic heterocycles. The minimum absolute atomic E-state index is 0.0142. The van der Waals surface area contributed by atoms with Crippen molar-refractivity contribution in [3.8, 4) is 0 Å². The molecule has 1 aliphatic rings. The highest BCUT2D eigenvalue weighted by molar-refractivity contribution is 6.04. The quantitative estimate of drug-likeness (QED) is 0.420. The van der Waals surface area contributed by atoms with E-state index in [0.717, 1.165) is 6.42 Å². The Kier molecular flexibility index (Phi) is 3.89. The molecule has 0 aromatic carbocycles. The fraction of sp³-hybridized carbons (Fsp3) is 0.692. The van der Waals surface area contributed by atoms with Gasteiger partial charge in [0.15, 0.2) is 5.78 Å². The smallest absolute Gasteiger partial charge is 0.319 e. The molecule has 0 bridgehead atoms. The molecule has 3 nitrogen and oxygen atoms in total. The first-order valence-electron chi connectivity index (χ1n) is 5.76. The molecule has 0 amide bonds. The lowest BCUT2D eigenvalue weighted by Crippen LogP contribution is -2.46. The molecule has 3 atom stereocenters. The van der Waals surface area contributed by atoms with Crippen LogP contribution in [0.4, 0.5) is 0 Å². The lowest BCUT2D eigenvalue weighted by Gasteiger charge is -2.36. The lowest BCUT2D eigenvalue weighted by molar-refractivity contribution is -0.163. The average molecular weight is 224 g/mol. The Balaban J connectivity index is 2.80. The highest BCUT2D eigenvalue weighted by atomic mass is 16.5. The van der Waals surface area contributed by atoms with Crippen LogP contribution in [0.1, 0.15) is 33.6 Å². The molecule has 16 heavy (non-hydrogen) atoms. The Bertz CT molecular complexity index is 308. The first-order valence-corrected chi connectivity index (χ1v) is 5.76. The molecule has 3 heteroatoms. The van der Waals surface area contributed by atoms with Crippen LogP contribution in [0.3, 0.4) is 0 Å². The fourth-order valence-electron chi connectivity index (χ4n) is 2.15. The van der Waals surface area contributed by atoms with Gasteiger partial charge in [0.05, 0.1) is 0 Å². The van der Waals surface area contributed by atoms with E-state index in [1.54, 1.807) is 6.92 Å². The summed E-state index contributed by atoms with van der Waals surface area (Å²) in [4.78, 5) is 24.0. The normalized spacial score (nSPS) is 34.6. The maximum absolute atomic E-state index is 12.1. The van der Waals surface area contributed by atoms with E-state index < -0.39 is 11.4 Å². The van der Waals surface area contributed by atoms with Crippen LogP contribution in [0.5, 0.6) is 0 Å². The number of hydrogen-bond acceptors (Lipinski definition) is 3. The van der Waals surface area contributed by atoms with Gasteiger partial charge in [-0.3, -0.25) is 9.59 Å². The monoisotopic (exact) mass is 224 g/mol. The summed E-state index contributed by atoms with van der Waals surface area (Å²) in [5.74, 6) is -0.0979. The molecule has 1 fully saturated rings. The van der Waals surface area contributed by atoms with Crippen LogP contribution in [0.25, 0.3) is 0 Å². The number of carbonyl (C=O) groups excluding carboxylic acids is 2. The van der Waals surface area contributed by atoms with E-state index in [2.05, 4.69) is 13.5 Å². The van der Waals surface area contributed by atoms with E-state index in [0.29, 0.717) is 12.3 Å². The second-order valence-electron chi connectivity index (χ2n) is 4.89. The highest BCUT2D eigenvalue weighted by Gasteiger charge is 2.48. The number of Topliss-reactive ketones (excluding diaryl/α,β-unsaturated/α-hetero) is 1. The zero-order chi connectivity index (χ0) is 12.3. The van der Waals surface area contributed by atoms with E-state index in [9.17, 15) is 9.59 Å². The topological polar surface area (TPSA) is 43.4 Å². The van der Waals surface area contributed by atoms with Crippen LogP contribution < -0.4 is 0 Å². The third kappa shape index (κ3) is 2.18. The van der Waals surface area contributed by atoms with Gasteiger partial charge >= 0.3 is 5.97 Å². The van der Waals surface area contributed by atoms with Crippen LogP contribution in [0.15, 0.2) is 12.7 Å². The molecule has 0 aromatic heterocycles. The molecule has 0 aromatic rings. The predicted octanol–water partition coefficient (Wildman–Crippen LogP) is 2.36. The van der Waals surface area contributed by atoms with Gasteiger partial charge in [-0.15, -0.1) is 0 Å². The molecule has 0 saturated heterocycles. The molecule has 0 N–H and O–H groups in total. The average Bonchev–Trinajstić information content (AvgIpc) is 2.28. The summed E-state index contributed by atoms with van der Waals surface area (Å²) in [6, 6.07) is 0. The Labute approximate surface area is 96.9 Å². The molecule has 90 valence electrons. The Morgan fingerprint density at radius 2 is 2.25 bits per heavy atom. The van der Waals surface area contributed by atoms with E-state index >= 15 is 0 Å². The molecule has 1 saturated carbocycles. The Hall–Kier alpha value is -1.12. The van der Waals surface area contributed by atoms with Gasteiger partial charge in [0.2, 0.25) is 0 Å². The number of esters is 1. The van der Waals surface area contributed by atoms with Crippen molar-refractivity contribution < 1.29 is 14.3 Å². The van der Waals surface area contributed by atoms with E-state index in [1.807, 2.05) is 6.92 Å². The fourth-order valence-corrected chi connectivity index (χ4v) is 2.15. The SMILES string of the molecule is C=CCOC(=O)C1(C)CC[C@H](C)C(C)C1=O. The molecule has 1 rings (SSSR count). The largest absolute Gasteiger partial charge is 0.461 e. The van der Waals surface area contributed by atoms with Gasteiger partial charge < -0.3 is 4.74 Å². The zero-order valence-corrected chi connectivity index (χ0v) is 10.3.